The highest BCUT2D eigenvalue weighted by Gasteiger charge is 2.20. The van der Waals surface area contributed by atoms with Crippen LogP contribution in [0.3, 0.4) is 0 Å². The summed E-state index contributed by atoms with van der Waals surface area (Å²) >= 11 is 0. The van der Waals surface area contributed by atoms with Gasteiger partial charge in [-0.2, -0.15) is 0 Å². The van der Waals surface area contributed by atoms with Crippen molar-refractivity contribution in [3.8, 4) is 0 Å². The molecule has 1 aromatic rings. The summed E-state index contributed by atoms with van der Waals surface area (Å²) in [7, 11) is 0. The number of rotatable bonds is 1. The summed E-state index contributed by atoms with van der Waals surface area (Å²) in [6.45, 7) is 7.79. The molecule has 3 nitrogen and oxygen atoms in total. The fourth-order valence-corrected chi connectivity index (χ4v) is 2.07. The number of nitrogens with zero attached hydrogens (tertiary/aromatic N) is 1. The van der Waals surface area contributed by atoms with Gasteiger partial charge in [0.25, 0.3) is 0 Å². The molecule has 1 aromatic carbocycles. The molecule has 0 aliphatic carbocycles. The van der Waals surface area contributed by atoms with E-state index >= 15 is 0 Å². The molecule has 2 rings (SSSR count). The number of aliphatic imine (C=N–C) groups is 1. The highest BCUT2D eigenvalue weighted by atomic mass is 16.6. The first-order chi connectivity index (χ1) is 7.97. The zero-order valence-corrected chi connectivity index (χ0v) is 10.5. The Morgan fingerprint density at radius 2 is 1.71 bits per heavy atom. The first-order valence-electron chi connectivity index (χ1n) is 5.54. The van der Waals surface area contributed by atoms with Crippen LogP contribution in [0.2, 0.25) is 0 Å². The van der Waals surface area contributed by atoms with Crippen LogP contribution >= 0.6 is 0 Å². The Kier molecular flexibility index (Phi) is 2.84. The maximum atomic E-state index is 11.5. The molecule has 0 atom stereocenters. The third kappa shape index (κ3) is 2.28. The fraction of sp³-hybridized carbons (Fsp3) is 0.286. The number of carbonyl (C=O) groups excluding carboxylic acids is 1. The summed E-state index contributed by atoms with van der Waals surface area (Å²) in [5.74, 6) is 0.0329. The quantitative estimate of drug-likeness (QED) is 0.548. The second-order valence-corrected chi connectivity index (χ2v) is 4.36. The van der Waals surface area contributed by atoms with Gasteiger partial charge in [-0.25, -0.2) is 9.79 Å². The summed E-state index contributed by atoms with van der Waals surface area (Å²) in [4.78, 5) is 15.5. The molecule has 0 saturated carbocycles. The minimum Gasteiger partial charge on any atom is -0.407 e. The van der Waals surface area contributed by atoms with E-state index in [1.807, 2.05) is 13.8 Å². The second kappa shape index (κ2) is 4.17. The maximum absolute atomic E-state index is 11.5. The SMILES string of the molecule is CC1=N/C(=C\c2c(C)cc(C)cc2C)C(=O)O1. The summed E-state index contributed by atoms with van der Waals surface area (Å²) < 4.78 is 4.89. The predicted octanol–water partition coefficient (Wildman–Crippen LogP) is 2.93. The van der Waals surface area contributed by atoms with Crippen molar-refractivity contribution in [2.45, 2.75) is 27.7 Å². The molecule has 3 heteroatoms. The first kappa shape index (κ1) is 11.6. The number of ether oxygens (including phenoxy) is 1. The highest BCUT2D eigenvalue weighted by molar-refractivity contribution is 6.06. The molecule has 0 N–H and O–H groups in total. The van der Waals surface area contributed by atoms with Crippen molar-refractivity contribution in [1.82, 2.24) is 0 Å². The molecule has 1 heterocycles. The summed E-state index contributed by atoms with van der Waals surface area (Å²) in [5.41, 5.74) is 4.92. The molecule has 0 radical (unpaired) electrons. The van der Waals surface area contributed by atoms with Gasteiger partial charge in [0.15, 0.2) is 11.6 Å². The summed E-state index contributed by atoms with van der Waals surface area (Å²) in [6.07, 6.45) is 1.79. The smallest absolute Gasteiger partial charge is 0.363 e. The van der Waals surface area contributed by atoms with E-state index in [2.05, 4.69) is 24.0 Å². The van der Waals surface area contributed by atoms with Crippen molar-refractivity contribution in [3.63, 3.8) is 0 Å². The number of carbonyl (C=O) groups is 1. The van der Waals surface area contributed by atoms with Crippen LogP contribution in [-0.4, -0.2) is 11.9 Å². The van der Waals surface area contributed by atoms with Crippen molar-refractivity contribution in [3.05, 3.63) is 40.1 Å². The lowest BCUT2D eigenvalue weighted by Gasteiger charge is -2.07. The van der Waals surface area contributed by atoms with Gasteiger partial charge in [0.05, 0.1) is 0 Å². The van der Waals surface area contributed by atoms with Crippen molar-refractivity contribution < 1.29 is 9.53 Å². The van der Waals surface area contributed by atoms with Crippen LogP contribution < -0.4 is 0 Å². The third-order valence-corrected chi connectivity index (χ3v) is 2.75. The zero-order valence-electron chi connectivity index (χ0n) is 10.5. The minimum absolute atomic E-state index is 0.373. The van der Waals surface area contributed by atoms with Crippen molar-refractivity contribution in [2.75, 3.05) is 0 Å². The van der Waals surface area contributed by atoms with Gasteiger partial charge in [-0.05, 0) is 43.5 Å². The Labute approximate surface area is 101 Å². The number of hydrogen-bond acceptors (Lipinski definition) is 3. The molecule has 0 aromatic heterocycles. The van der Waals surface area contributed by atoms with E-state index < -0.39 is 0 Å². The second-order valence-electron chi connectivity index (χ2n) is 4.36. The van der Waals surface area contributed by atoms with Gasteiger partial charge in [-0.3, -0.25) is 0 Å². The van der Waals surface area contributed by atoms with Crippen molar-refractivity contribution >= 4 is 17.9 Å². The zero-order chi connectivity index (χ0) is 12.6. The molecule has 1 aliphatic rings. The summed E-state index contributed by atoms with van der Waals surface area (Å²) in [6, 6.07) is 4.19. The topological polar surface area (TPSA) is 38.7 Å². The van der Waals surface area contributed by atoms with Gasteiger partial charge in [-0.15, -0.1) is 0 Å². The molecular formula is C14H15NO2. The lowest BCUT2D eigenvalue weighted by Crippen LogP contribution is -2.00. The molecule has 0 bridgehead atoms. The number of hydrogen-bond donors (Lipinski definition) is 0. The largest absolute Gasteiger partial charge is 0.407 e. The van der Waals surface area contributed by atoms with Crippen LogP contribution in [0.4, 0.5) is 0 Å². The van der Waals surface area contributed by atoms with Gasteiger partial charge in [-0.1, -0.05) is 17.7 Å². The van der Waals surface area contributed by atoms with Gasteiger partial charge in [0.1, 0.15) is 0 Å². The van der Waals surface area contributed by atoms with Crippen LogP contribution in [0, 0.1) is 20.8 Å². The lowest BCUT2D eigenvalue weighted by molar-refractivity contribution is -0.130. The Hall–Kier alpha value is -1.90. The first-order valence-corrected chi connectivity index (χ1v) is 5.54. The average Bonchev–Trinajstić information content (AvgIpc) is 2.51. The van der Waals surface area contributed by atoms with Crippen LogP contribution in [-0.2, 0) is 9.53 Å². The number of benzene rings is 1. The molecule has 0 saturated heterocycles. The van der Waals surface area contributed by atoms with Crippen LogP contribution in [0.25, 0.3) is 6.08 Å². The van der Waals surface area contributed by atoms with E-state index in [4.69, 9.17) is 4.74 Å². The van der Waals surface area contributed by atoms with Gasteiger partial charge >= 0.3 is 5.97 Å². The molecule has 0 spiro atoms. The lowest BCUT2D eigenvalue weighted by atomic mass is 9.99. The van der Waals surface area contributed by atoms with Gasteiger partial charge in [0.2, 0.25) is 0 Å². The van der Waals surface area contributed by atoms with Crippen molar-refractivity contribution in [1.29, 1.82) is 0 Å². The highest BCUT2D eigenvalue weighted by Crippen LogP contribution is 2.22. The van der Waals surface area contributed by atoms with E-state index in [0.29, 0.717) is 11.6 Å². The van der Waals surface area contributed by atoms with E-state index in [0.717, 1.165) is 16.7 Å². The normalized spacial score (nSPS) is 17.3. The molecule has 0 amide bonds. The van der Waals surface area contributed by atoms with E-state index in [1.54, 1.807) is 13.0 Å². The standard InChI is InChI=1S/C14H15NO2/c1-8-5-9(2)12(10(3)6-8)7-13-14(16)17-11(4)15-13/h5-7H,1-4H3/b13-7-. The number of cyclic esters (lactones) is 1. The molecule has 17 heavy (non-hydrogen) atoms. The molecule has 0 fully saturated rings. The van der Waals surface area contributed by atoms with E-state index in [-0.39, 0.29) is 5.97 Å². The maximum Gasteiger partial charge on any atom is 0.363 e. The summed E-state index contributed by atoms with van der Waals surface area (Å²) in [5, 5.41) is 0. The monoisotopic (exact) mass is 229 g/mol. The Morgan fingerprint density at radius 3 is 2.18 bits per heavy atom. The number of esters is 1. The fourth-order valence-electron chi connectivity index (χ4n) is 2.07. The average molecular weight is 229 g/mol. The third-order valence-electron chi connectivity index (χ3n) is 2.75. The molecule has 88 valence electrons. The molecular weight excluding hydrogens is 214 g/mol. The van der Waals surface area contributed by atoms with Crippen LogP contribution in [0.15, 0.2) is 22.8 Å². The molecule has 0 unspecified atom stereocenters. The Bertz CT molecular complexity index is 530. The van der Waals surface area contributed by atoms with E-state index in [1.165, 1.54) is 5.56 Å². The van der Waals surface area contributed by atoms with Gasteiger partial charge < -0.3 is 4.74 Å². The van der Waals surface area contributed by atoms with Crippen molar-refractivity contribution in [2.24, 2.45) is 4.99 Å². The van der Waals surface area contributed by atoms with E-state index in [9.17, 15) is 4.79 Å². The minimum atomic E-state index is -0.373. The van der Waals surface area contributed by atoms with Gasteiger partial charge in [0, 0.05) is 6.92 Å². The molecule has 1 aliphatic heterocycles. The Morgan fingerprint density at radius 1 is 1.12 bits per heavy atom. The Balaban J connectivity index is 2.50. The number of aryl methyl sites for hydroxylation is 3. The predicted molar refractivity (Wildman–Crippen MR) is 67.8 cm³/mol. The van der Waals surface area contributed by atoms with Crippen LogP contribution in [0.5, 0.6) is 0 Å². The van der Waals surface area contributed by atoms with Crippen LogP contribution in [0.1, 0.15) is 29.2 Å².